The third kappa shape index (κ3) is 6.91. The average Bonchev–Trinajstić information content (AvgIpc) is 2.63. The Kier molecular flexibility index (Phi) is 9.31. The molecule has 0 spiro atoms. The van der Waals surface area contributed by atoms with Crippen LogP contribution in [0, 0.1) is 0 Å². The molecule has 0 amide bonds. The summed E-state index contributed by atoms with van der Waals surface area (Å²) in [7, 11) is 0. The van der Waals surface area contributed by atoms with Gasteiger partial charge in [0.2, 0.25) is 0 Å². The van der Waals surface area contributed by atoms with Gasteiger partial charge in [0.15, 0.2) is 0 Å². The third-order valence-electron chi connectivity index (χ3n) is 4.85. The zero-order chi connectivity index (χ0) is 16.9. The lowest BCUT2D eigenvalue weighted by Gasteiger charge is -2.04. The van der Waals surface area contributed by atoms with Gasteiger partial charge in [-0.25, -0.2) is 0 Å². The van der Waals surface area contributed by atoms with E-state index in [-0.39, 0.29) is 0 Å². The van der Waals surface area contributed by atoms with Crippen LogP contribution in [-0.2, 0) is 6.42 Å². The maximum Gasteiger partial charge on any atom is -0.0152 e. The highest BCUT2D eigenvalue weighted by Gasteiger charge is 1.98. The van der Waals surface area contributed by atoms with E-state index in [1.165, 1.54) is 74.1 Å². The molecule has 0 aliphatic carbocycles. The molecule has 2 rings (SSSR count). The standard InChI is InChI=1S/C24H34/c1-2-3-4-5-6-7-8-9-10-11-12-13-17-22-19-16-20-23-18-14-15-21-24(22)23/h11-12,14-16,18-21H,2-10,13,17H2,1H3/b12-11+. The Labute approximate surface area is 149 Å². The van der Waals surface area contributed by atoms with Crippen LogP contribution in [0.4, 0.5) is 0 Å². The van der Waals surface area contributed by atoms with Crippen LogP contribution in [0.5, 0.6) is 0 Å². The van der Waals surface area contributed by atoms with Gasteiger partial charge in [-0.2, -0.15) is 0 Å². The molecule has 0 aliphatic heterocycles. The van der Waals surface area contributed by atoms with Gasteiger partial charge in [0.1, 0.15) is 0 Å². The van der Waals surface area contributed by atoms with E-state index in [4.69, 9.17) is 0 Å². The van der Waals surface area contributed by atoms with E-state index in [0.29, 0.717) is 0 Å². The minimum atomic E-state index is 1.15. The maximum absolute atomic E-state index is 2.39. The molecular weight excluding hydrogens is 288 g/mol. The SMILES string of the molecule is CCCCCCCCCC/C=C/CCc1cccc2ccccc12. The number of hydrogen-bond acceptors (Lipinski definition) is 0. The first kappa shape index (κ1) is 18.8. The molecule has 0 heterocycles. The topological polar surface area (TPSA) is 0 Å². The Morgan fingerprint density at radius 1 is 0.667 bits per heavy atom. The van der Waals surface area contributed by atoms with Gasteiger partial charge in [-0.1, -0.05) is 106 Å². The number of hydrogen-bond donors (Lipinski definition) is 0. The predicted molar refractivity (Wildman–Crippen MR) is 109 cm³/mol. The molecule has 0 unspecified atom stereocenters. The first-order chi connectivity index (χ1) is 11.9. The smallest absolute Gasteiger partial charge is 0.0152 e. The van der Waals surface area contributed by atoms with Gasteiger partial charge in [-0.15, -0.1) is 0 Å². The zero-order valence-corrected chi connectivity index (χ0v) is 15.5. The lowest BCUT2D eigenvalue weighted by atomic mass is 10.0. The van der Waals surface area contributed by atoms with Crippen molar-refractivity contribution >= 4 is 10.8 Å². The highest BCUT2D eigenvalue weighted by Crippen LogP contribution is 2.19. The summed E-state index contributed by atoms with van der Waals surface area (Å²) in [5.74, 6) is 0. The molecule has 0 saturated carbocycles. The van der Waals surface area contributed by atoms with Crippen molar-refractivity contribution in [2.75, 3.05) is 0 Å². The van der Waals surface area contributed by atoms with Crippen molar-refractivity contribution < 1.29 is 0 Å². The summed E-state index contributed by atoms with van der Waals surface area (Å²) in [6, 6.07) is 15.4. The normalized spacial score (nSPS) is 11.5. The Balaban J connectivity index is 1.56. The molecule has 0 atom stereocenters. The summed E-state index contributed by atoms with van der Waals surface area (Å²) in [6.45, 7) is 2.28. The van der Waals surface area contributed by atoms with Crippen molar-refractivity contribution in [3.05, 3.63) is 60.2 Å². The first-order valence-electron chi connectivity index (χ1n) is 10.0. The van der Waals surface area contributed by atoms with Gasteiger partial charge in [0.25, 0.3) is 0 Å². The van der Waals surface area contributed by atoms with Crippen molar-refractivity contribution in [1.82, 2.24) is 0 Å². The summed E-state index contributed by atoms with van der Waals surface area (Å²) in [6.07, 6.45) is 19.6. The number of aryl methyl sites for hydroxylation is 1. The van der Waals surface area contributed by atoms with E-state index >= 15 is 0 Å². The fourth-order valence-corrected chi connectivity index (χ4v) is 3.38. The summed E-state index contributed by atoms with van der Waals surface area (Å²) in [5.41, 5.74) is 1.48. The summed E-state index contributed by atoms with van der Waals surface area (Å²) < 4.78 is 0. The number of fused-ring (bicyclic) bond motifs is 1. The quantitative estimate of drug-likeness (QED) is 0.275. The van der Waals surface area contributed by atoms with E-state index in [0.717, 1.165) is 12.8 Å². The molecule has 0 heteroatoms. The van der Waals surface area contributed by atoms with Crippen LogP contribution in [-0.4, -0.2) is 0 Å². The highest BCUT2D eigenvalue weighted by atomic mass is 14.0. The van der Waals surface area contributed by atoms with Gasteiger partial charge < -0.3 is 0 Å². The predicted octanol–water partition coefficient (Wildman–Crippen LogP) is 7.86. The van der Waals surface area contributed by atoms with E-state index in [2.05, 4.69) is 61.5 Å². The molecule has 24 heavy (non-hydrogen) atoms. The van der Waals surface area contributed by atoms with Gasteiger partial charge >= 0.3 is 0 Å². The van der Waals surface area contributed by atoms with Crippen LogP contribution in [0.15, 0.2) is 54.6 Å². The maximum atomic E-state index is 2.39. The highest BCUT2D eigenvalue weighted by molar-refractivity contribution is 5.85. The van der Waals surface area contributed by atoms with Gasteiger partial charge in [-0.05, 0) is 42.0 Å². The molecule has 0 aliphatic rings. The van der Waals surface area contributed by atoms with Crippen molar-refractivity contribution in [1.29, 1.82) is 0 Å². The molecule has 2 aromatic rings. The summed E-state index contributed by atoms with van der Waals surface area (Å²) >= 11 is 0. The molecule has 2 aromatic carbocycles. The molecule has 0 saturated heterocycles. The zero-order valence-electron chi connectivity index (χ0n) is 15.5. The Hall–Kier alpha value is -1.56. The van der Waals surface area contributed by atoms with Crippen molar-refractivity contribution in [3.8, 4) is 0 Å². The lowest BCUT2D eigenvalue weighted by molar-refractivity contribution is 0.577. The molecule has 0 nitrogen and oxygen atoms in total. The monoisotopic (exact) mass is 322 g/mol. The largest absolute Gasteiger partial charge is 0.0885 e. The Morgan fingerprint density at radius 3 is 2.17 bits per heavy atom. The van der Waals surface area contributed by atoms with Crippen LogP contribution in [0.25, 0.3) is 10.8 Å². The first-order valence-corrected chi connectivity index (χ1v) is 10.0. The van der Waals surface area contributed by atoms with Gasteiger partial charge in [0.05, 0.1) is 0 Å². The molecule has 0 aromatic heterocycles. The molecule has 0 bridgehead atoms. The second kappa shape index (κ2) is 11.9. The third-order valence-corrected chi connectivity index (χ3v) is 4.85. The fourth-order valence-electron chi connectivity index (χ4n) is 3.38. The van der Waals surface area contributed by atoms with E-state index < -0.39 is 0 Å². The van der Waals surface area contributed by atoms with Gasteiger partial charge in [0, 0.05) is 0 Å². The lowest BCUT2D eigenvalue weighted by Crippen LogP contribution is -1.86. The summed E-state index contributed by atoms with van der Waals surface area (Å²) in [5, 5.41) is 2.77. The molecule has 0 N–H and O–H groups in total. The van der Waals surface area contributed by atoms with Crippen LogP contribution in [0.2, 0.25) is 0 Å². The fraction of sp³-hybridized carbons (Fsp3) is 0.500. The molecule has 0 fully saturated rings. The van der Waals surface area contributed by atoms with Crippen LogP contribution in [0.3, 0.4) is 0 Å². The van der Waals surface area contributed by atoms with Crippen molar-refractivity contribution in [2.45, 2.75) is 77.6 Å². The van der Waals surface area contributed by atoms with Crippen LogP contribution < -0.4 is 0 Å². The van der Waals surface area contributed by atoms with E-state index in [1.54, 1.807) is 0 Å². The van der Waals surface area contributed by atoms with Crippen LogP contribution in [0.1, 0.15) is 76.7 Å². The number of benzene rings is 2. The molecule has 130 valence electrons. The molecule has 0 radical (unpaired) electrons. The second-order valence-electron chi connectivity index (χ2n) is 6.91. The summed E-state index contributed by atoms with van der Waals surface area (Å²) in [4.78, 5) is 0. The van der Waals surface area contributed by atoms with E-state index in [1.807, 2.05) is 0 Å². The Morgan fingerprint density at radius 2 is 1.33 bits per heavy atom. The average molecular weight is 323 g/mol. The minimum absolute atomic E-state index is 1.15. The van der Waals surface area contributed by atoms with E-state index in [9.17, 15) is 0 Å². The number of unbranched alkanes of at least 4 members (excludes halogenated alkanes) is 8. The van der Waals surface area contributed by atoms with Crippen molar-refractivity contribution in [2.24, 2.45) is 0 Å². The van der Waals surface area contributed by atoms with Crippen LogP contribution >= 0.6 is 0 Å². The number of rotatable bonds is 12. The van der Waals surface area contributed by atoms with Gasteiger partial charge in [-0.3, -0.25) is 0 Å². The molecular formula is C24H34. The second-order valence-corrected chi connectivity index (χ2v) is 6.91. The minimum Gasteiger partial charge on any atom is -0.0885 e. The number of allylic oxidation sites excluding steroid dienone is 2. The van der Waals surface area contributed by atoms with Crippen molar-refractivity contribution in [3.63, 3.8) is 0 Å². The Bertz CT molecular complexity index is 589.